The van der Waals surface area contributed by atoms with E-state index in [4.69, 9.17) is 8.83 Å². The highest BCUT2D eigenvalue weighted by Gasteiger charge is 2.46. The van der Waals surface area contributed by atoms with Crippen LogP contribution in [0.1, 0.15) is 51.3 Å². The maximum Gasteiger partial charge on any atom is 0.333 e. The largest absolute Gasteiger partial charge is 0.456 e. The molecule has 60 heavy (non-hydrogen) atoms. The number of furan rings is 2. The minimum Gasteiger partial charge on any atom is -0.456 e. The zero-order valence-electron chi connectivity index (χ0n) is 34.1. The molecule has 3 aliphatic rings. The Labute approximate surface area is 347 Å². The van der Waals surface area contributed by atoms with Crippen molar-refractivity contribution < 1.29 is 8.83 Å². The van der Waals surface area contributed by atoms with Crippen molar-refractivity contribution in [3.8, 4) is 27.9 Å². The SMILES string of the molecule is CC(C)(C)c1ccc(N2B3c4cc5c(cc4-n4c6cc7c(cc6c6ccc(c3c64)-c3cc4c(cc32)oc2ccccc24)oc2ccccc27)C(C)(C)c2ccccc2-5)cc1. The van der Waals surface area contributed by atoms with Crippen LogP contribution in [0.15, 0.2) is 154 Å². The second kappa shape index (κ2) is 10.8. The zero-order chi connectivity index (χ0) is 40.0. The summed E-state index contributed by atoms with van der Waals surface area (Å²) in [5, 5.41) is 7.01. The molecular formula is C55H39BN2O2. The lowest BCUT2D eigenvalue weighted by molar-refractivity contribution is 0.590. The Balaban J connectivity index is 1.17. The van der Waals surface area contributed by atoms with Gasteiger partial charge in [0.15, 0.2) is 0 Å². The Bertz CT molecular complexity index is 3740. The van der Waals surface area contributed by atoms with Crippen molar-refractivity contribution in [3.63, 3.8) is 0 Å². The first-order valence-corrected chi connectivity index (χ1v) is 21.2. The van der Waals surface area contributed by atoms with Crippen LogP contribution in [0.5, 0.6) is 0 Å². The van der Waals surface area contributed by atoms with Crippen LogP contribution in [-0.2, 0) is 10.8 Å². The average Bonchev–Trinajstić information content (AvgIpc) is 3.97. The molecule has 0 radical (unpaired) electrons. The van der Waals surface area contributed by atoms with E-state index < -0.39 is 0 Å². The van der Waals surface area contributed by atoms with E-state index >= 15 is 0 Å². The smallest absolute Gasteiger partial charge is 0.333 e. The molecule has 0 saturated carbocycles. The van der Waals surface area contributed by atoms with Gasteiger partial charge in [-0.3, -0.25) is 0 Å². The number of hydrogen-bond acceptors (Lipinski definition) is 3. The van der Waals surface area contributed by atoms with Gasteiger partial charge in [-0.15, -0.1) is 0 Å². The molecule has 5 heterocycles. The molecule has 284 valence electrons. The molecule has 0 unspecified atom stereocenters. The van der Waals surface area contributed by atoms with Gasteiger partial charge >= 0.3 is 6.85 Å². The fraction of sp³-hybridized carbons (Fsp3) is 0.127. The zero-order valence-corrected chi connectivity index (χ0v) is 34.1. The fourth-order valence-corrected chi connectivity index (χ4v) is 11.4. The van der Waals surface area contributed by atoms with Crippen molar-refractivity contribution in [2.75, 3.05) is 4.81 Å². The molecule has 3 aromatic heterocycles. The van der Waals surface area contributed by atoms with E-state index in [1.54, 1.807) is 0 Å². The summed E-state index contributed by atoms with van der Waals surface area (Å²) in [7, 11) is 0. The van der Waals surface area contributed by atoms with Gasteiger partial charge in [0.25, 0.3) is 0 Å². The average molecular weight is 771 g/mol. The Morgan fingerprint density at radius 2 is 1.18 bits per heavy atom. The van der Waals surface area contributed by atoms with Gasteiger partial charge in [-0.25, -0.2) is 0 Å². The van der Waals surface area contributed by atoms with Crippen LogP contribution in [0.3, 0.4) is 0 Å². The number of fused-ring (bicyclic) bond motifs is 17. The van der Waals surface area contributed by atoms with Gasteiger partial charge in [0.05, 0.1) is 11.0 Å². The number of aromatic nitrogens is 1. The Morgan fingerprint density at radius 3 is 1.93 bits per heavy atom. The third-order valence-corrected chi connectivity index (χ3v) is 14.3. The highest BCUT2D eigenvalue weighted by Crippen LogP contribution is 2.52. The third kappa shape index (κ3) is 3.98. The van der Waals surface area contributed by atoms with Crippen molar-refractivity contribution >= 4 is 94.8 Å². The molecule has 0 N–H and O–H groups in total. The number of nitrogens with zero attached hydrogens (tertiary/aromatic N) is 2. The first-order valence-electron chi connectivity index (χ1n) is 21.2. The molecule has 1 aliphatic carbocycles. The summed E-state index contributed by atoms with van der Waals surface area (Å²) in [6, 6.07) is 54.5. The van der Waals surface area contributed by atoms with E-state index in [-0.39, 0.29) is 17.7 Å². The Hall–Kier alpha value is -6.98. The summed E-state index contributed by atoms with van der Waals surface area (Å²) in [6.45, 7) is 11.5. The van der Waals surface area contributed by atoms with Gasteiger partial charge in [0.2, 0.25) is 0 Å². The minimum absolute atomic E-state index is 0.0289. The van der Waals surface area contributed by atoms with Gasteiger partial charge < -0.3 is 18.2 Å². The van der Waals surface area contributed by atoms with Gasteiger partial charge in [-0.1, -0.05) is 126 Å². The standard InChI is InChI=1S/C55H39BN2O2/c1-54(2,3)30-18-20-31(21-19-30)58-46-29-51-40(33-13-7-10-16-48(33)60-51)24-38(46)35-22-23-36-39-27-50-41(34-14-8-11-17-49(34)59-50)26-45(39)57-47-28-43-37(25-44(47)56(58)52(35)53(36)57)32-12-6-9-15-42(32)55(43,4)5/h6-29H,1-5H3. The highest BCUT2D eigenvalue weighted by molar-refractivity contribution is 6.93. The summed E-state index contributed by atoms with van der Waals surface area (Å²) < 4.78 is 15.8. The van der Waals surface area contributed by atoms with Crippen molar-refractivity contribution in [1.29, 1.82) is 0 Å². The summed E-state index contributed by atoms with van der Waals surface area (Å²) in [5.41, 5.74) is 21.4. The normalized spacial score (nSPS) is 14.8. The van der Waals surface area contributed by atoms with Crippen LogP contribution in [-0.4, -0.2) is 11.4 Å². The summed E-state index contributed by atoms with van der Waals surface area (Å²) in [4.78, 5) is 2.62. The predicted octanol–water partition coefficient (Wildman–Crippen LogP) is 13.4. The fourth-order valence-electron chi connectivity index (χ4n) is 11.4. The lowest BCUT2D eigenvalue weighted by atomic mass is 9.43. The molecular weight excluding hydrogens is 731 g/mol. The monoisotopic (exact) mass is 770 g/mol. The molecule has 0 saturated heterocycles. The van der Waals surface area contributed by atoms with Gasteiger partial charge in [0.1, 0.15) is 22.3 Å². The van der Waals surface area contributed by atoms with E-state index in [1.165, 1.54) is 77.4 Å². The quantitative estimate of drug-likeness (QED) is 0.156. The topological polar surface area (TPSA) is 34.5 Å². The van der Waals surface area contributed by atoms with E-state index in [9.17, 15) is 0 Å². The van der Waals surface area contributed by atoms with E-state index in [1.807, 2.05) is 0 Å². The van der Waals surface area contributed by atoms with Crippen LogP contribution in [0.2, 0.25) is 0 Å². The van der Waals surface area contributed by atoms with Gasteiger partial charge in [-0.2, -0.15) is 0 Å². The molecule has 0 fully saturated rings. The molecule has 0 atom stereocenters. The van der Waals surface area contributed by atoms with Crippen LogP contribution in [0.4, 0.5) is 11.4 Å². The van der Waals surface area contributed by atoms with E-state index in [0.717, 1.165) is 55.3 Å². The maximum absolute atomic E-state index is 6.66. The number of benzene rings is 8. The molecule has 8 aromatic carbocycles. The Morgan fingerprint density at radius 1 is 0.500 bits per heavy atom. The molecule has 4 nitrogen and oxygen atoms in total. The van der Waals surface area contributed by atoms with Crippen LogP contribution in [0.25, 0.3) is 93.6 Å². The number of hydrogen-bond donors (Lipinski definition) is 0. The molecule has 11 aromatic rings. The van der Waals surface area contributed by atoms with Crippen LogP contribution < -0.4 is 15.7 Å². The van der Waals surface area contributed by atoms with Crippen molar-refractivity contribution in [2.45, 2.75) is 45.4 Å². The maximum atomic E-state index is 6.66. The lowest BCUT2D eigenvalue weighted by Gasteiger charge is -2.42. The minimum atomic E-state index is -0.159. The van der Waals surface area contributed by atoms with E-state index in [0.29, 0.717) is 0 Å². The summed E-state index contributed by atoms with van der Waals surface area (Å²) in [6.07, 6.45) is 0. The molecule has 2 aliphatic heterocycles. The van der Waals surface area contributed by atoms with Crippen molar-refractivity contribution in [2.24, 2.45) is 0 Å². The van der Waals surface area contributed by atoms with Crippen LogP contribution in [0, 0.1) is 0 Å². The molecule has 5 heteroatoms. The third-order valence-electron chi connectivity index (χ3n) is 14.3. The predicted molar refractivity (Wildman–Crippen MR) is 251 cm³/mol. The second-order valence-corrected chi connectivity index (χ2v) is 18.9. The van der Waals surface area contributed by atoms with Gasteiger partial charge in [0, 0.05) is 66.4 Å². The van der Waals surface area contributed by atoms with Crippen LogP contribution >= 0.6 is 0 Å². The summed E-state index contributed by atoms with van der Waals surface area (Å²) in [5.74, 6) is 0. The number of para-hydroxylation sites is 2. The lowest BCUT2D eigenvalue weighted by Crippen LogP contribution is -2.60. The molecule has 14 rings (SSSR count). The molecule has 0 bridgehead atoms. The molecule has 0 amide bonds. The van der Waals surface area contributed by atoms with Crippen molar-refractivity contribution in [1.82, 2.24) is 4.57 Å². The summed E-state index contributed by atoms with van der Waals surface area (Å²) >= 11 is 0. The first kappa shape index (κ1) is 32.9. The first-order chi connectivity index (χ1) is 29.1. The van der Waals surface area contributed by atoms with Gasteiger partial charge in [-0.05, 0) is 98.3 Å². The van der Waals surface area contributed by atoms with E-state index in [2.05, 4.69) is 190 Å². The molecule has 0 spiro atoms. The Kier molecular flexibility index (Phi) is 5.92. The van der Waals surface area contributed by atoms with Crippen molar-refractivity contribution in [3.05, 3.63) is 162 Å². The second-order valence-electron chi connectivity index (χ2n) is 18.9. The number of rotatable bonds is 1. The highest BCUT2D eigenvalue weighted by atomic mass is 16.3. The number of anilines is 2.